The van der Waals surface area contributed by atoms with Crippen LogP contribution in [-0.4, -0.2) is 60.2 Å². The molecule has 0 aliphatic carbocycles. The minimum Gasteiger partial charge on any atom is -0.496 e. The number of non-ortho nitro benzene ring substituents is 1. The van der Waals surface area contributed by atoms with Crippen LogP contribution < -0.4 is 15.4 Å². The molecule has 0 spiro atoms. The van der Waals surface area contributed by atoms with Gasteiger partial charge in [0, 0.05) is 25.2 Å². The first-order chi connectivity index (χ1) is 14.8. The van der Waals surface area contributed by atoms with Gasteiger partial charge in [-0.25, -0.2) is 0 Å². The van der Waals surface area contributed by atoms with Crippen LogP contribution in [0.3, 0.4) is 0 Å². The number of carbonyl (C=O) groups is 4. The summed E-state index contributed by atoms with van der Waals surface area (Å²) >= 11 is 0. The van der Waals surface area contributed by atoms with Crippen LogP contribution in [0.4, 0.5) is 5.69 Å². The lowest BCUT2D eigenvalue weighted by atomic mass is 10.1. The van der Waals surface area contributed by atoms with Crippen molar-refractivity contribution in [1.29, 1.82) is 0 Å². The topological polar surface area (TPSA) is 148 Å². The van der Waals surface area contributed by atoms with Crippen molar-refractivity contribution >= 4 is 29.3 Å². The van der Waals surface area contributed by atoms with Gasteiger partial charge in [0.15, 0.2) is 0 Å². The summed E-state index contributed by atoms with van der Waals surface area (Å²) in [6.45, 7) is -0.369. The number of imide groups is 1. The molecule has 11 nitrogen and oxygen atoms in total. The maximum absolute atomic E-state index is 12.4. The second kappa shape index (κ2) is 9.03. The number of methoxy groups -OCH3 is 1. The van der Waals surface area contributed by atoms with Crippen LogP contribution in [0, 0.1) is 10.1 Å². The Morgan fingerprint density at radius 1 is 1.03 bits per heavy atom. The summed E-state index contributed by atoms with van der Waals surface area (Å²) in [5.74, 6) is -2.06. The molecule has 3 rings (SSSR count). The smallest absolute Gasteiger partial charge is 0.270 e. The fourth-order valence-electron chi connectivity index (χ4n) is 3.04. The summed E-state index contributed by atoms with van der Waals surface area (Å²) in [5, 5.41) is 16.0. The lowest BCUT2D eigenvalue weighted by molar-refractivity contribution is -0.384. The Morgan fingerprint density at radius 3 is 2.42 bits per heavy atom. The molecule has 0 bridgehead atoms. The number of carbonyl (C=O) groups excluding carboxylic acids is 4. The first-order valence-corrected chi connectivity index (χ1v) is 9.16. The van der Waals surface area contributed by atoms with Gasteiger partial charge in [0.25, 0.3) is 23.4 Å². The molecule has 0 radical (unpaired) electrons. The van der Waals surface area contributed by atoms with Gasteiger partial charge in [0.2, 0.25) is 5.91 Å². The number of benzene rings is 2. The predicted molar refractivity (Wildman–Crippen MR) is 107 cm³/mol. The molecular weight excluding hydrogens is 408 g/mol. The fourth-order valence-corrected chi connectivity index (χ4v) is 3.04. The van der Waals surface area contributed by atoms with Gasteiger partial charge in [0.1, 0.15) is 12.3 Å². The van der Waals surface area contributed by atoms with E-state index in [0.717, 1.165) is 17.0 Å². The zero-order valence-electron chi connectivity index (χ0n) is 16.4. The molecule has 2 N–H and O–H groups in total. The predicted octanol–water partition coefficient (Wildman–Crippen LogP) is 0.746. The van der Waals surface area contributed by atoms with E-state index in [4.69, 9.17) is 4.74 Å². The number of nitrogens with one attached hydrogen (secondary N) is 2. The lowest BCUT2D eigenvalue weighted by Crippen LogP contribution is -2.42. The fraction of sp³-hybridized carbons (Fsp3) is 0.200. The number of nitro benzene ring substituents is 1. The number of nitrogens with zero attached hydrogens (tertiary/aromatic N) is 2. The van der Waals surface area contributed by atoms with Crippen molar-refractivity contribution < 1.29 is 28.8 Å². The molecule has 2 aromatic carbocycles. The van der Waals surface area contributed by atoms with Crippen LogP contribution in [0.1, 0.15) is 31.1 Å². The Kier molecular flexibility index (Phi) is 6.24. The van der Waals surface area contributed by atoms with Gasteiger partial charge in [-0.05, 0) is 18.2 Å². The van der Waals surface area contributed by atoms with E-state index in [1.165, 1.54) is 13.2 Å². The molecule has 0 atom stereocenters. The molecule has 0 saturated heterocycles. The second-order valence-corrected chi connectivity index (χ2v) is 6.49. The Labute approximate surface area is 176 Å². The Hall–Kier alpha value is -4.28. The van der Waals surface area contributed by atoms with Gasteiger partial charge in [-0.3, -0.25) is 34.2 Å². The monoisotopic (exact) mass is 426 g/mol. The van der Waals surface area contributed by atoms with Gasteiger partial charge >= 0.3 is 0 Å². The van der Waals surface area contributed by atoms with Gasteiger partial charge in [-0.1, -0.05) is 12.1 Å². The average molecular weight is 426 g/mol. The van der Waals surface area contributed by atoms with Crippen molar-refractivity contribution in [1.82, 2.24) is 15.5 Å². The van der Waals surface area contributed by atoms with E-state index in [-0.39, 0.29) is 35.8 Å². The minimum atomic E-state index is -0.775. The highest BCUT2D eigenvalue weighted by molar-refractivity contribution is 6.22. The van der Waals surface area contributed by atoms with E-state index < -0.39 is 29.2 Å². The molecule has 0 aromatic heterocycles. The summed E-state index contributed by atoms with van der Waals surface area (Å²) in [7, 11) is 1.45. The molecule has 1 heterocycles. The largest absolute Gasteiger partial charge is 0.496 e. The average Bonchev–Trinajstić information content (AvgIpc) is 3.00. The van der Waals surface area contributed by atoms with Crippen LogP contribution in [0.5, 0.6) is 5.75 Å². The highest BCUT2D eigenvalue weighted by atomic mass is 16.6. The summed E-state index contributed by atoms with van der Waals surface area (Å²) in [4.78, 5) is 60.0. The van der Waals surface area contributed by atoms with Crippen LogP contribution in [0.25, 0.3) is 0 Å². The first kappa shape index (κ1) is 21.4. The molecule has 31 heavy (non-hydrogen) atoms. The van der Waals surface area contributed by atoms with Crippen molar-refractivity contribution in [2.75, 3.05) is 26.7 Å². The van der Waals surface area contributed by atoms with Gasteiger partial charge in [0.05, 0.1) is 28.7 Å². The van der Waals surface area contributed by atoms with Gasteiger partial charge in [-0.15, -0.1) is 0 Å². The number of rotatable bonds is 8. The van der Waals surface area contributed by atoms with Crippen molar-refractivity contribution in [2.45, 2.75) is 0 Å². The molecule has 1 aliphatic rings. The van der Waals surface area contributed by atoms with Crippen molar-refractivity contribution in [3.8, 4) is 5.75 Å². The maximum Gasteiger partial charge on any atom is 0.270 e. The Bertz CT molecular complexity index is 1080. The quantitative estimate of drug-likeness (QED) is 0.274. The minimum absolute atomic E-state index is 0.00692. The number of para-hydroxylation sites is 1. The van der Waals surface area contributed by atoms with E-state index in [1.54, 1.807) is 24.3 Å². The number of amides is 4. The molecule has 0 unspecified atom stereocenters. The van der Waals surface area contributed by atoms with Crippen molar-refractivity contribution in [3.05, 3.63) is 69.3 Å². The van der Waals surface area contributed by atoms with Crippen LogP contribution in [-0.2, 0) is 4.79 Å². The van der Waals surface area contributed by atoms with E-state index in [0.29, 0.717) is 11.3 Å². The van der Waals surface area contributed by atoms with E-state index in [9.17, 15) is 29.3 Å². The van der Waals surface area contributed by atoms with Crippen molar-refractivity contribution in [3.63, 3.8) is 0 Å². The summed E-state index contributed by atoms with van der Waals surface area (Å²) in [6, 6.07) is 9.99. The standard InChI is InChI=1S/C20H18N4O7/c1-31-16-5-3-2-4-14(16)18(26)22-9-8-21-17(25)11-23-19(27)13-7-6-12(24(29)30)10-15(13)20(23)28/h2-7,10H,8-9,11H2,1H3,(H,21,25)(H,22,26). The van der Waals surface area contributed by atoms with Crippen LogP contribution in [0.15, 0.2) is 42.5 Å². The third kappa shape index (κ3) is 4.50. The zero-order valence-corrected chi connectivity index (χ0v) is 16.4. The van der Waals surface area contributed by atoms with E-state index in [2.05, 4.69) is 10.6 Å². The summed E-state index contributed by atoms with van der Waals surface area (Å²) in [6.07, 6.45) is 0. The van der Waals surface area contributed by atoms with Crippen molar-refractivity contribution in [2.24, 2.45) is 0 Å². The molecule has 1 aliphatic heterocycles. The number of ether oxygens (including phenoxy) is 1. The number of hydrogen-bond donors (Lipinski definition) is 2. The highest BCUT2D eigenvalue weighted by Gasteiger charge is 2.37. The molecule has 0 saturated carbocycles. The third-order valence-corrected chi connectivity index (χ3v) is 4.55. The van der Waals surface area contributed by atoms with Crippen LogP contribution >= 0.6 is 0 Å². The molecule has 2 aromatic rings. The Balaban J connectivity index is 1.51. The summed E-state index contributed by atoms with van der Waals surface area (Å²) in [5.41, 5.74) is -0.0861. The maximum atomic E-state index is 12.4. The van der Waals surface area contributed by atoms with Gasteiger partial charge in [-0.2, -0.15) is 0 Å². The van der Waals surface area contributed by atoms with E-state index >= 15 is 0 Å². The Morgan fingerprint density at radius 2 is 1.71 bits per heavy atom. The first-order valence-electron chi connectivity index (χ1n) is 9.16. The van der Waals surface area contributed by atoms with E-state index in [1.807, 2.05) is 0 Å². The lowest BCUT2D eigenvalue weighted by Gasteiger charge is -2.14. The molecule has 160 valence electrons. The molecular formula is C20H18N4O7. The summed E-state index contributed by atoms with van der Waals surface area (Å²) < 4.78 is 5.12. The highest BCUT2D eigenvalue weighted by Crippen LogP contribution is 2.26. The normalized spacial score (nSPS) is 12.4. The SMILES string of the molecule is COc1ccccc1C(=O)NCCNC(=O)CN1C(=O)c2ccc([N+](=O)[O-])cc2C1=O. The number of fused-ring (bicyclic) bond motifs is 1. The van der Waals surface area contributed by atoms with Crippen LogP contribution in [0.2, 0.25) is 0 Å². The third-order valence-electron chi connectivity index (χ3n) is 4.55. The zero-order chi connectivity index (χ0) is 22.5. The number of hydrogen-bond acceptors (Lipinski definition) is 7. The molecule has 0 fully saturated rings. The number of nitro groups is 1. The second-order valence-electron chi connectivity index (χ2n) is 6.49. The van der Waals surface area contributed by atoms with Gasteiger partial charge < -0.3 is 15.4 Å². The molecule has 11 heteroatoms. The molecule has 4 amide bonds.